The molecule has 100 valence electrons. The monoisotopic (exact) mass is 257 g/mol. The summed E-state index contributed by atoms with van der Waals surface area (Å²) in [5.41, 5.74) is 9.14. The number of pyridine rings is 1. The van der Waals surface area contributed by atoms with Crippen molar-refractivity contribution in [2.45, 2.75) is 33.6 Å². The van der Waals surface area contributed by atoms with E-state index >= 15 is 0 Å². The lowest BCUT2D eigenvalue weighted by atomic mass is 10.1. The van der Waals surface area contributed by atoms with E-state index in [0.717, 1.165) is 17.0 Å². The Balaban J connectivity index is 2.63. The fourth-order valence-electron chi connectivity index (χ4n) is 2.08. The first kappa shape index (κ1) is 13.3. The van der Waals surface area contributed by atoms with Gasteiger partial charge < -0.3 is 5.73 Å². The Kier molecular flexibility index (Phi) is 3.38. The number of hydrogen-bond donors (Lipinski definition) is 2. The van der Waals surface area contributed by atoms with Crippen LogP contribution in [0.25, 0.3) is 5.82 Å². The van der Waals surface area contributed by atoms with Gasteiger partial charge in [-0.2, -0.15) is 5.10 Å². The van der Waals surface area contributed by atoms with Crippen molar-refractivity contribution in [1.29, 1.82) is 5.41 Å². The number of aryl methyl sites for hydroxylation is 2. The summed E-state index contributed by atoms with van der Waals surface area (Å²) in [4.78, 5) is 4.48. The van der Waals surface area contributed by atoms with Gasteiger partial charge >= 0.3 is 0 Å². The minimum Gasteiger partial charge on any atom is -0.384 e. The highest BCUT2D eigenvalue weighted by Crippen LogP contribution is 2.19. The molecule has 2 aromatic rings. The molecule has 0 unspecified atom stereocenters. The Hall–Kier alpha value is -2.17. The Labute approximate surface area is 113 Å². The third kappa shape index (κ3) is 2.50. The van der Waals surface area contributed by atoms with Crippen molar-refractivity contribution in [3.05, 3.63) is 40.8 Å². The Morgan fingerprint density at radius 3 is 2.58 bits per heavy atom. The van der Waals surface area contributed by atoms with Gasteiger partial charge in [-0.15, -0.1) is 0 Å². The summed E-state index contributed by atoms with van der Waals surface area (Å²) in [6.45, 7) is 8.04. The van der Waals surface area contributed by atoms with E-state index in [9.17, 15) is 0 Å². The van der Waals surface area contributed by atoms with Gasteiger partial charge in [0.2, 0.25) is 0 Å². The van der Waals surface area contributed by atoms with Gasteiger partial charge in [-0.25, -0.2) is 9.67 Å². The molecule has 19 heavy (non-hydrogen) atoms. The third-order valence-corrected chi connectivity index (χ3v) is 3.01. The van der Waals surface area contributed by atoms with Crippen LogP contribution < -0.4 is 5.73 Å². The van der Waals surface area contributed by atoms with Gasteiger partial charge in [0.1, 0.15) is 5.84 Å². The molecule has 0 aliphatic heterocycles. The predicted octanol–water partition coefficient (Wildman–Crippen LogP) is 2.29. The number of hydrogen-bond acceptors (Lipinski definition) is 3. The SMILES string of the molecule is Cc1cc(C)c(C(=N)N)c(-n2ccc(C(C)C)n2)n1. The highest BCUT2D eigenvalue weighted by atomic mass is 15.3. The van der Waals surface area contributed by atoms with Crippen LogP contribution in [0.3, 0.4) is 0 Å². The smallest absolute Gasteiger partial charge is 0.164 e. The van der Waals surface area contributed by atoms with Crippen LogP contribution in [0.1, 0.15) is 42.3 Å². The summed E-state index contributed by atoms with van der Waals surface area (Å²) in [5, 5.41) is 12.2. The summed E-state index contributed by atoms with van der Waals surface area (Å²) in [6.07, 6.45) is 1.86. The van der Waals surface area contributed by atoms with Crippen molar-refractivity contribution in [1.82, 2.24) is 14.8 Å². The second kappa shape index (κ2) is 4.84. The first-order valence-electron chi connectivity index (χ1n) is 6.28. The lowest BCUT2D eigenvalue weighted by Crippen LogP contribution is -2.18. The summed E-state index contributed by atoms with van der Waals surface area (Å²) in [5.74, 6) is 0.992. The number of nitrogen functional groups attached to an aromatic ring is 1. The van der Waals surface area contributed by atoms with Gasteiger partial charge in [-0.3, -0.25) is 5.41 Å². The second-order valence-corrected chi connectivity index (χ2v) is 5.03. The Morgan fingerprint density at radius 2 is 2.05 bits per heavy atom. The van der Waals surface area contributed by atoms with E-state index < -0.39 is 0 Å². The van der Waals surface area contributed by atoms with Crippen LogP contribution >= 0.6 is 0 Å². The zero-order valence-electron chi connectivity index (χ0n) is 11.7. The molecule has 0 aromatic carbocycles. The van der Waals surface area contributed by atoms with Gasteiger partial charge in [0.25, 0.3) is 0 Å². The molecule has 2 heterocycles. The molecular weight excluding hydrogens is 238 g/mol. The van der Waals surface area contributed by atoms with Crippen molar-refractivity contribution in [2.75, 3.05) is 0 Å². The molecule has 5 nitrogen and oxygen atoms in total. The largest absolute Gasteiger partial charge is 0.384 e. The van der Waals surface area contributed by atoms with Gasteiger partial charge in [-0.1, -0.05) is 13.8 Å². The van der Waals surface area contributed by atoms with Crippen LogP contribution in [0, 0.1) is 19.3 Å². The average molecular weight is 257 g/mol. The molecule has 0 bridgehead atoms. The Morgan fingerprint density at radius 1 is 1.37 bits per heavy atom. The highest BCUT2D eigenvalue weighted by Gasteiger charge is 2.15. The molecule has 2 rings (SSSR count). The van der Waals surface area contributed by atoms with Crippen molar-refractivity contribution < 1.29 is 0 Å². The van der Waals surface area contributed by atoms with Gasteiger partial charge in [0.05, 0.1) is 11.3 Å². The van der Waals surface area contributed by atoms with Crippen LogP contribution in [-0.4, -0.2) is 20.6 Å². The molecular formula is C14H19N5. The maximum Gasteiger partial charge on any atom is 0.164 e. The molecule has 2 aromatic heterocycles. The maximum atomic E-state index is 7.72. The number of nitrogens with two attached hydrogens (primary N) is 1. The molecule has 3 N–H and O–H groups in total. The van der Waals surface area contributed by atoms with E-state index in [1.165, 1.54) is 0 Å². The van der Waals surface area contributed by atoms with E-state index in [0.29, 0.717) is 17.3 Å². The molecule has 0 fully saturated rings. The minimum atomic E-state index is 0.0154. The number of nitrogens with zero attached hydrogens (tertiary/aromatic N) is 3. The van der Waals surface area contributed by atoms with Gasteiger partial charge in [0, 0.05) is 11.9 Å². The minimum absolute atomic E-state index is 0.0154. The van der Waals surface area contributed by atoms with Crippen LogP contribution in [-0.2, 0) is 0 Å². The fraction of sp³-hybridized carbons (Fsp3) is 0.357. The molecule has 0 spiro atoms. The fourth-order valence-corrected chi connectivity index (χ4v) is 2.08. The Bertz CT molecular complexity index is 625. The first-order chi connectivity index (χ1) is 8.90. The zero-order valence-corrected chi connectivity index (χ0v) is 11.7. The quantitative estimate of drug-likeness (QED) is 0.654. The van der Waals surface area contributed by atoms with Crippen molar-refractivity contribution in [3.8, 4) is 5.82 Å². The molecule has 0 aliphatic carbocycles. The molecule has 0 aliphatic rings. The number of aromatic nitrogens is 3. The topological polar surface area (TPSA) is 80.6 Å². The van der Waals surface area contributed by atoms with Crippen LogP contribution in [0.2, 0.25) is 0 Å². The molecule has 0 amide bonds. The van der Waals surface area contributed by atoms with E-state index in [1.807, 2.05) is 32.2 Å². The third-order valence-electron chi connectivity index (χ3n) is 3.01. The number of rotatable bonds is 3. The number of amidine groups is 1. The summed E-state index contributed by atoms with van der Waals surface area (Å²) >= 11 is 0. The van der Waals surface area contributed by atoms with E-state index in [4.69, 9.17) is 11.1 Å². The van der Waals surface area contributed by atoms with Crippen LogP contribution in [0.5, 0.6) is 0 Å². The van der Waals surface area contributed by atoms with Gasteiger partial charge in [-0.05, 0) is 37.5 Å². The lowest BCUT2D eigenvalue weighted by molar-refractivity contribution is 0.754. The van der Waals surface area contributed by atoms with Crippen LogP contribution in [0.15, 0.2) is 18.3 Å². The second-order valence-electron chi connectivity index (χ2n) is 5.03. The van der Waals surface area contributed by atoms with Crippen molar-refractivity contribution in [3.63, 3.8) is 0 Å². The highest BCUT2D eigenvalue weighted by molar-refractivity contribution is 5.99. The normalized spacial score (nSPS) is 11.0. The summed E-state index contributed by atoms with van der Waals surface area (Å²) in [7, 11) is 0. The average Bonchev–Trinajstić information content (AvgIpc) is 2.76. The van der Waals surface area contributed by atoms with E-state index in [2.05, 4.69) is 23.9 Å². The molecule has 5 heteroatoms. The molecule has 0 radical (unpaired) electrons. The molecule has 0 saturated carbocycles. The molecule has 0 saturated heterocycles. The summed E-state index contributed by atoms with van der Waals surface area (Å²) < 4.78 is 1.70. The predicted molar refractivity (Wildman–Crippen MR) is 75.9 cm³/mol. The van der Waals surface area contributed by atoms with Crippen molar-refractivity contribution in [2.24, 2.45) is 5.73 Å². The first-order valence-corrected chi connectivity index (χ1v) is 6.28. The standard InChI is InChI=1S/C14H19N5/c1-8(2)11-5-6-19(18-11)14-12(13(15)16)9(3)7-10(4)17-14/h5-8H,1-4H3,(H3,15,16). The number of nitrogens with one attached hydrogen (secondary N) is 1. The maximum absolute atomic E-state index is 7.72. The van der Waals surface area contributed by atoms with E-state index in [1.54, 1.807) is 4.68 Å². The summed E-state index contributed by atoms with van der Waals surface area (Å²) in [6, 6.07) is 3.89. The molecule has 0 atom stereocenters. The van der Waals surface area contributed by atoms with E-state index in [-0.39, 0.29) is 5.84 Å². The van der Waals surface area contributed by atoms with Crippen LogP contribution in [0.4, 0.5) is 0 Å². The zero-order chi connectivity index (χ0) is 14.2. The van der Waals surface area contributed by atoms with Gasteiger partial charge in [0.15, 0.2) is 5.82 Å². The lowest BCUT2D eigenvalue weighted by Gasteiger charge is -2.11. The van der Waals surface area contributed by atoms with Crippen molar-refractivity contribution >= 4 is 5.84 Å².